The molecule has 37 heavy (non-hydrogen) atoms. The van der Waals surface area contributed by atoms with Crippen LogP contribution in [0.5, 0.6) is 0 Å². The fraction of sp³-hybridized carbons (Fsp3) is 0.630. The highest BCUT2D eigenvalue weighted by atomic mass is 33.1. The molecule has 1 aliphatic heterocycles. The molecule has 0 bridgehead atoms. The highest BCUT2D eigenvalue weighted by molar-refractivity contribution is 8.69. The molecule has 1 aliphatic rings. The SMILES string of the molecule is CCNC(=O)C(=O)[C@H](Cc1ccccc1)NC(=O)[C@H](CC(C)(C)C)NC(=O)CCCCC1CCSS1=O. The molecule has 3 N–H and O–H groups in total. The van der Waals surface area contributed by atoms with E-state index >= 15 is 0 Å². The summed E-state index contributed by atoms with van der Waals surface area (Å²) >= 11 is 0. The van der Waals surface area contributed by atoms with Gasteiger partial charge in [-0.25, -0.2) is 4.21 Å². The van der Waals surface area contributed by atoms with Crippen LogP contribution in [0.4, 0.5) is 0 Å². The van der Waals surface area contributed by atoms with Gasteiger partial charge in [-0.1, -0.05) is 68.3 Å². The second-order valence-electron chi connectivity index (χ2n) is 10.6. The number of Topliss-reactive ketones (excluding diaryl/α,β-unsaturated/α-hetero) is 1. The Kier molecular flexibility index (Phi) is 12.8. The summed E-state index contributed by atoms with van der Waals surface area (Å²) in [6, 6.07) is 7.28. The molecule has 0 radical (unpaired) electrons. The van der Waals surface area contributed by atoms with Crippen molar-refractivity contribution in [2.45, 2.75) is 90.0 Å². The Bertz CT molecular complexity index is 949. The first-order chi connectivity index (χ1) is 17.5. The molecule has 0 spiro atoms. The molecule has 1 saturated heterocycles. The average Bonchev–Trinajstić information content (AvgIpc) is 3.25. The van der Waals surface area contributed by atoms with E-state index in [0.717, 1.165) is 30.6 Å². The molecule has 2 unspecified atom stereocenters. The summed E-state index contributed by atoms with van der Waals surface area (Å²) in [4.78, 5) is 51.2. The molecular weight excluding hydrogens is 510 g/mol. The highest BCUT2D eigenvalue weighted by Crippen LogP contribution is 2.29. The number of unbranched alkanes of at least 4 members (excludes halogenated alkanes) is 1. The van der Waals surface area contributed by atoms with Gasteiger partial charge in [-0.2, -0.15) is 0 Å². The second-order valence-corrected chi connectivity index (χ2v) is 14.1. The zero-order valence-electron chi connectivity index (χ0n) is 22.3. The van der Waals surface area contributed by atoms with Crippen LogP contribution < -0.4 is 16.0 Å². The third-order valence-corrected chi connectivity index (χ3v) is 9.70. The Morgan fingerprint density at radius 2 is 1.76 bits per heavy atom. The van der Waals surface area contributed by atoms with Gasteiger partial charge in [0.2, 0.25) is 17.6 Å². The maximum atomic E-state index is 13.3. The van der Waals surface area contributed by atoms with Gasteiger partial charge in [0.1, 0.15) is 12.1 Å². The third kappa shape index (κ3) is 11.4. The summed E-state index contributed by atoms with van der Waals surface area (Å²) < 4.78 is 11.9. The predicted octanol–water partition coefficient (Wildman–Crippen LogP) is 3.07. The van der Waals surface area contributed by atoms with Crippen LogP contribution in [0.3, 0.4) is 0 Å². The van der Waals surface area contributed by atoms with Crippen molar-refractivity contribution in [3.63, 3.8) is 0 Å². The molecule has 4 atom stereocenters. The van der Waals surface area contributed by atoms with Gasteiger partial charge in [-0.15, -0.1) is 0 Å². The summed E-state index contributed by atoms with van der Waals surface area (Å²) in [6.07, 6.45) is 4.06. The Balaban J connectivity index is 2.03. The molecule has 1 fully saturated rings. The molecule has 0 saturated carbocycles. The smallest absolute Gasteiger partial charge is 0.289 e. The normalized spacial score (nSPS) is 19.0. The van der Waals surface area contributed by atoms with Crippen LogP contribution in [-0.2, 0) is 35.4 Å². The molecule has 0 aliphatic carbocycles. The molecule has 0 aromatic heterocycles. The van der Waals surface area contributed by atoms with Crippen LogP contribution in [0.25, 0.3) is 0 Å². The van der Waals surface area contributed by atoms with Crippen LogP contribution in [0.2, 0.25) is 0 Å². The van der Waals surface area contributed by atoms with Gasteiger partial charge in [0, 0.05) is 30.4 Å². The van der Waals surface area contributed by atoms with Crippen LogP contribution >= 0.6 is 10.8 Å². The lowest BCUT2D eigenvalue weighted by atomic mass is 9.87. The monoisotopic (exact) mass is 551 g/mol. The lowest BCUT2D eigenvalue weighted by Crippen LogP contribution is -2.55. The fourth-order valence-corrected chi connectivity index (χ4v) is 7.67. The minimum absolute atomic E-state index is 0.166. The molecular formula is C27H41N3O5S2. The van der Waals surface area contributed by atoms with Crippen molar-refractivity contribution in [1.29, 1.82) is 0 Å². The summed E-state index contributed by atoms with van der Waals surface area (Å²) in [5, 5.41) is 8.30. The lowest BCUT2D eigenvalue weighted by molar-refractivity contribution is -0.140. The Labute approximate surface area is 226 Å². The Morgan fingerprint density at radius 1 is 1.05 bits per heavy atom. The molecule has 1 aromatic rings. The van der Waals surface area contributed by atoms with Crippen molar-refractivity contribution < 1.29 is 23.4 Å². The number of benzene rings is 1. The van der Waals surface area contributed by atoms with E-state index in [9.17, 15) is 23.4 Å². The lowest BCUT2D eigenvalue weighted by Gasteiger charge is -2.28. The van der Waals surface area contributed by atoms with Gasteiger partial charge >= 0.3 is 0 Å². The first-order valence-electron chi connectivity index (χ1n) is 13.0. The maximum Gasteiger partial charge on any atom is 0.289 e. The largest absolute Gasteiger partial charge is 0.350 e. The number of rotatable bonds is 14. The fourth-order valence-electron chi connectivity index (χ4n) is 4.18. The average molecular weight is 552 g/mol. The van der Waals surface area contributed by atoms with E-state index < -0.39 is 39.5 Å². The zero-order chi connectivity index (χ0) is 27.4. The number of hydrogen-bond acceptors (Lipinski definition) is 6. The van der Waals surface area contributed by atoms with E-state index in [0.29, 0.717) is 19.4 Å². The van der Waals surface area contributed by atoms with Gasteiger partial charge in [0.25, 0.3) is 5.91 Å². The van der Waals surface area contributed by atoms with E-state index in [4.69, 9.17) is 0 Å². The van der Waals surface area contributed by atoms with Gasteiger partial charge in [0.05, 0.1) is 9.83 Å². The summed E-state index contributed by atoms with van der Waals surface area (Å²) in [5.74, 6) is -1.26. The van der Waals surface area contributed by atoms with E-state index in [2.05, 4.69) is 16.0 Å². The van der Waals surface area contributed by atoms with Crippen molar-refractivity contribution in [1.82, 2.24) is 16.0 Å². The van der Waals surface area contributed by atoms with E-state index in [-0.39, 0.29) is 29.4 Å². The number of hydrogen-bond donors (Lipinski definition) is 3. The molecule has 3 amide bonds. The molecule has 10 heteroatoms. The quantitative estimate of drug-likeness (QED) is 0.186. The van der Waals surface area contributed by atoms with Gasteiger partial charge in [-0.3, -0.25) is 19.2 Å². The van der Waals surface area contributed by atoms with Crippen LogP contribution in [0.1, 0.15) is 71.8 Å². The number of carbonyl (C=O) groups excluding carboxylic acids is 4. The third-order valence-electron chi connectivity index (χ3n) is 6.04. The standard InChI is InChI=1S/C27H41N3O5S2/c1-5-28-26(34)24(32)21(17-19-11-7-6-8-12-19)30-25(33)22(18-27(2,3)4)29-23(31)14-10-9-13-20-15-16-36-37(20)35/h6-8,11-12,20-22H,5,9-10,13-18H2,1-4H3,(H,28,34)(H,29,31)(H,30,33)/t20?,21-,22-,37?/m0/s1. The highest BCUT2D eigenvalue weighted by Gasteiger charge is 2.32. The Morgan fingerprint density at radius 3 is 2.35 bits per heavy atom. The first-order valence-corrected chi connectivity index (χ1v) is 15.7. The summed E-state index contributed by atoms with van der Waals surface area (Å²) in [7, 11) is 0.673. The van der Waals surface area contributed by atoms with E-state index in [1.54, 1.807) is 6.92 Å². The van der Waals surface area contributed by atoms with Crippen molar-refractivity contribution in [2.75, 3.05) is 12.3 Å². The minimum atomic E-state index is -1.05. The predicted molar refractivity (Wildman–Crippen MR) is 149 cm³/mol. The van der Waals surface area contributed by atoms with Crippen LogP contribution in [0, 0.1) is 5.41 Å². The van der Waals surface area contributed by atoms with Crippen molar-refractivity contribution >= 4 is 44.1 Å². The number of carbonyl (C=O) groups is 4. The molecule has 2 rings (SSSR count). The van der Waals surface area contributed by atoms with Gasteiger partial charge < -0.3 is 16.0 Å². The van der Waals surface area contributed by atoms with Crippen LogP contribution in [-0.4, -0.2) is 57.3 Å². The van der Waals surface area contributed by atoms with E-state index in [1.165, 1.54) is 10.8 Å². The molecule has 8 nitrogen and oxygen atoms in total. The number of ketones is 1. The Hall–Kier alpha value is -2.20. The number of amides is 3. The van der Waals surface area contributed by atoms with Crippen molar-refractivity contribution in [2.24, 2.45) is 5.41 Å². The topological polar surface area (TPSA) is 121 Å². The molecule has 1 heterocycles. The molecule has 1 aromatic carbocycles. The van der Waals surface area contributed by atoms with Gasteiger partial charge in [-0.05, 0) is 43.6 Å². The van der Waals surface area contributed by atoms with Crippen molar-refractivity contribution in [3.8, 4) is 0 Å². The molecule has 206 valence electrons. The van der Waals surface area contributed by atoms with Crippen molar-refractivity contribution in [3.05, 3.63) is 35.9 Å². The van der Waals surface area contributed by atoms with Gasteiger partial charge in [0.15, 0.2) is 0 Å². The maximum absolute atomic E-state index is 13.3. The first kappa shape index (κ1) is 31.0. The number of nitrogens with one attached hydrogen (secondary N) is 3. The zero-order valence-corrected chi connectivity index (χ0v) is 24.0. The summed E-state index contributed by atoms with van der Waals surface area (Å²) in [6.45, 7) is 7.94. The minimum Gasteiger partial charge on any atom is -0.350 e. The van der Waals surface area contributed by atoms with E-state index in [1.807, 2.05) is 51.1 Å². The second kappa shape index (κ2) is 15.3. The summed E-state index contributed by atoms with van der Waals surface area (Å²) in [5.41, 5.74) is 0.543. The van der Waals surface area contributed by atoms with Crippen LogP contribution in [0.15, 0.2) is 30.3 Å². The number of likely N-dealkylation sites (N-methyl/N-ethyl adjacent to an activating group) is 1.